The number of rotatable bonds is 8. The van der Waals surface area contributed by atoms with Gasteiger partial charge in [0.15, 0.2) is 0 Å². The quantitative estimate of drug-likeness (QED) is 0.528. The third-order valence-electron chi connectivity index (χ3n) is 5.47. The van der Waals surface area contributed by atoms with Gasteiger partial charge in [-0.3, -0.25) is 24.1 Å². The summed E-state index contributed by atoms with van der Waals surface area (Å²) in [6.45, 7) is 0.441. The van der Waals surface area contributed by atoms with Crippen LogP contribution >= 0.6 is 0 Å². The minimum atomic E-state index is -0.816. The van der Waals surface area contributed by atoms with Gasteiger partial charge in [-0.25, -0.2) is 0 Å². The molecule has 1 aliphatic heterocycles. The van der Waals surface area contributed by atoms with Crippen molar-refractivity contribution in [3.63, 3.8) is 0 Å². The molecule has 1 heterocycles. The van der Waals surface area contributed by atoms with Gasteiger partial charge in [-0.1, -0.05) is 25.7 Å². The van der Waals surface area contributed by atoms with Gasteiger partial charge in [-0.15, -0.1) is 0 Å². The van der Waals surface area contributed by atoms with Gasteiger partial charge in [0, 0.05) is 24.6 Å². The first-order valence-electron chi connectivity index (χ1n) is 10.0. The number of imide groups is 1. The monoisotopic (exact) mass is 386 g/mol. The lowest BCUT2D eigenvalue weighted by atomic mass is 9.94. The summed E-state index contributed by atoms with van der Waals surface area (Å²) in [5, 5.41) is 11.4. The Morgan fingerprint density at radius 1 is 1.00 bits per heavy atom. The molecule has 150 valence electrons. The Bertz CT molecular complexity index is 783. The lowest BCUT2D eigenvalue weighted by Gasteiger charge is -2.29. The van der Waals surface area contributed by atoms with Crippen LogP contribution in [0.1, 0.15) is 88.9 Å². The molecule has 1 aromatic rings. The highest BCUT2D eigenvalue weighted by molar-refractivity contribution is 6.22. The molecule has 7 nitrogen and oxygen atoms in total. The SMILES string of the molecule is O=C(O)CCCCCNC(=O)c1ccc2c(c1)C(=O)N(C1CCCCC1)C2=O. The number of nitrogens with one attached hydrogen (secondary N) is 1. The van der Waals surface area contributed by atoms with Gasteiger partial charge >= 0.3 is 5.97 Å². The summed E-state index contributed by atoms with van der Waals surface area (Å²) in [4.78, 5) is 49.7. The molecule has 1 aromatic carbocycles. The summed E-state index contributed by atoms with van der Waals surface area (Å²) < 4.78 is 0. The fourth-order valence-corrected chi connectivity index (χ4v) is 3.95. The van der Waals surface area contributed by atoms with Crippen LogP contribution in [0.5, 0.6) is 0 Å². The third kappa shape index (κ3) is 4.40. The van der Waals surface area contributed by atoms with Crippen molar-refractivity contribution in [3.05, 3.63) is 34.9 Å². The van der Waals surface area contributed by atoms with Crippen LogP contribution in [0.3, 0.4) is 0 Å². The fraction of sp³-hybridized carbons (Fsp3) is 0.524. The molecule has 0 bridgehead atoms. The van der Waals surface area contributed by atoms with Crippen molar-refractivity contribution in [2.24, 2.45) is 0 Å². The maximum Gasteiger partial charge on any atom is 0.303 e. The van der Waals surface area contributed by atoms with Gasteiger partial charge in [0.05, 0.1) is 11.1 Å². The number of hydrogen-bond donors (Lipinski definition) is 2. The average molecular weight is 386 g/mol. The van der Waals surface area contributed by atoms with Crippen LogP contribution in [-0.2, 0) is 4.79 Å². The maximum atomic E-state index is 12.8. The van der Waals surface area contributed by atoms with Crippen molar-refractivity contribution >= 4 is 23.7 Å². The van der Waals surface area contributed by atoms with E-state index in [0.717, 1.165) is 38.5 Å². The molecule has 3 amide bonds. The third-order valence-corrected chi connectivity index (χ3v) is 5.47. The number of carbonyl (C=O) groups is 4. The van der Waals surface area contributed by atoms with E-state index in [1.54, 1.807) is 12.1 Å². The highest BCUT2D eigenvalue weighted by Crippen LogP contribution is 2.31. The number of benzene rings is 1. The van der Waals surface area contributed by atoms with Crippen molar-refractivity contribution < 1.29 is 24.3 Å². The summed E-state index contributed by atoms with van der Waals surface area (Å²) in [5.74, 6) is -1.66. The number of carboxylic acids is 1. The summed E-state index contributed by atoms with van der Waals surface area (Å²) in [6, 6.07) is 4.62. The van der Waals surface area contributed by atoms with E-state index in [1.807, 2.05) is 0 Å². The highest BCUT2D eigenvalue weighted by atomic mass is 16.4. The molecule has 2 aliphatic rings. The van der Waals surface area contributed by atoms with Crippen LogP contribution in [0, 0.1) is 0 Å². The molecule has 0 radical (unpaired) electrons. The number of unbranched alkanes of at least 4 members (excludes halogenated alkanes) is 2. The summed E-state index contributed by atoms with van der Waals surface area (Å²) in [7, 11) is 0. The predicted octanol–water partition coefficient (Wildman–Crippen LogP) is 2.99. The van der Waals surface area contributed by atoms with Gasteiger partial charge in [0.2, 0.25) is 0 Å². The molecular weight excluding hydrogens is 360 g/mol. The van der Waals surface area contributed by atoms with E-state index >= 15 is 0 Å². The molecular formula is C21H26N2O5. The molecule has 2 N–H and O–H groups in total. The first-order valence-corrected chi connectivity index (χ1v) is 10.0. The van der Waals surface area contributed by atoms with Crippen molar-refractivity contribution in [1.82, 2.24) is 10.2 Å². The van der Waals surface area contributed by atoms with E-state index in [4.69, 9.17) is 5.11 Å². The van der Waals surface area contributed by atoms with Crippen LogP contribution in [0.4, 0.5) is 0 Å². The Morgan fingerprint density at radius 2 is 1.71 bits per heavy atom. The van der Waals surface area contributed by atoms with Gasteiger partial charge in [0.1, 0.15) is 0 Å². The number of fused-ring (bicyclic) bond motifs is 1. The van der Waals surface area contributed by atoms with Crippen molar-refractivity contribution in [2.45, 2.75) is 63.8 Å². The maximum absolute atomic E-state index is 12.8. The van der Waals surface area contributed by atoms with E-state index in [1.165, 1.54) is 11.0 Å². The number of carboxylic acid groups (broad SMARTS) is 1. The molecule has 7 heteroatoms. The molecule has 0 saturated heterocycles. The van der Waals surface area contributed by atoms with Crippen molar-refractivity contribution in [1.29, 1.82) is 0 Å². The van der Waals surface area contributed by atoms with Crippen molar-refractivity contribution in [3.8, 4) is 0 Å². The van der Waals surface area contributed by atoms with Gasteiger partial charge in [-0.2, -0.15) is 0 Å². The van der Waals surface area contributed by atoms with E-state index in [9.17, 15) is 19.2 Å². The lowest BCUT2D eigenvalue weighted by molar-refractivity contribution is -0.137. The zero-order chi connectivity index (χ0) is 20.1. The van der Waals surface area contributed by atoms with E-state index in [0.29, 0.717) is 36.1 Å². The highest BCUT2D eigenvalue weighted by Gasteiger charge is 2.40. The molecule has 0 spiro atoms. The Hall–Kier alpha value is -2.70. The molecule has 1 aliphatic carbocycles. The van der Waals surface area contributed by atoms with Crippen LogP contribution in [-0.4, -0.2) is 46.3 Å². The standard InChI is InChI=1S/C21H26N2O5/c24-18(25)9-5-2-6-12-22-19(26)14-10-11-16-17(13-14)21(28)23(20(16)27)15-7-3-1-4-8-15/h10-11,13,15H,1-9,12H2,(H,22,26)(H,24,25). The largest absolute Gasteiger partial charge is 0.481 e. The van der Waals surface area contributed by atoms with E-state index in [-0.39, 0.29) is 30.2 Å². The summed E-state index contributed by atoms with van der Waals surface area (Å²) >= 11 is 0. The molecule has 1 fully saturated rings. The van der Waals surface area contributed by atoms with Crippen molar-refractivity contribution in [2.75, 3.05) is 6.54 Å². The second kappa shape index (κ2) is 8.99. The summed E-state index contributed by atoms with van der Waals surface area (Å²) in [5.41, 5.74) is 1.04. The predicted molar refractivity (Wildman–Crippen MR) is 102 cm³/mol. The van der Waals surface area contributed by atoms with Crippen LogP contribution < -0.4 is 5.32 Å². The van der Waals surface area contributed by atoms with Crippen LogP contribution in [0.2, 0.25) is 0 Å². The topological polar surface area (TPSA) is 104 Å². The Kier molecular flexibility index (Phi) is 6.44. The Labute approximate surface area is 164 Å². The first kappa shape index (κ1) is 20.0. The van der Waals surface area contributed by atoms with Gasteiger partial charge in [0.25, 0.3) is 17.7 Å². The Balaban J connectivity index is 1.59. The van der Waals surface area contributed by atoms with Crippen LogP contribution in [0.25, 0.3) is 0 Å². The summed E-state index contributed by atoms with van der Waals surface area (Å²) in [6.07, 6.45) is 7.01. The number of aliphatic carboxylic acids is 1. The van der Waals surface area contributed by atoms with Gasteiger partial charge in [-0.05, 0) is 43.9 Å². The number of hydrogen-bond acceptors (Lipinski definition) is 4. The normalized spacial score (nSPS) is 16.9. The lowest BCUT2D eigenvalue weighted by Crippen LogP contribution is -2.40. The minimum absolute atomic E-state index is 0.0378. The zero-order valence-corrected chi connectivity index (χ0v) is 15.9. The molecule has 28 heavy (non-hydrogen) atoms. The molecule has 0 unspecified atom stereocenters. The fourth-order valence-electron chi connectivity index (χ4n) is 3.95. The smallest absolute Gasteiger partial charge is 0.303 e. The zero-order valence-electron chi connectivity index (χ0n) is 15.9. The number of amides is 3. The molecule has 1 saturated carbocycles. The molecule has 0 atom stereocenters. The second-order valence-electron chi connectivity index (χ2n) is 7.49. The molecule has 0 aromatic heterocycles. The molecule has 3 rings (SSSR count). The van der Waals surface area contributed by atoms with Crippen LogP contribution in [0.15, 0.2) is 18.2 Å². The average Bonchev–Trinajstić information content (AvgIpc) is 2.95. The van der Waals surface area contributed by atoms with E-state index in [2.05, 4.69) is 5.32 Å². The van der Waals surface area contributed by atoms with Gasteiger partial charge < -0.3 is 10.4 Å². The number of nitrogens with zero attached hydrogens (tertiary/aromatic N) is 1. The second-order valence-corrected chi connectivity index (χ2v) is 7.49. The minimum Gasteiger partial charge on any atom is -0.481 e. The van der Waals surface area contributed by atoms with E-state index < -0.39 is 5.97 Å². The first-order chi connectivity index (χ1) is 13.5. The number of carbonyl (C=O) groups excluding carboxylic acids is 3. The Morgan fingerprint density at radius 3 is 2.43 bits per heavy atom.